The van der Waals surface area contributed by atoms with Crippen LogP contribution in [-0.2, 0) is 14.8 Å². The molecule has 0 aliphatic rings. The Morgan fingerprint density at radius 3 is 2.34 bits per heavy atom. The summed E-state index contributed by atoms with van der Waals surface area (Å²) in [4.78, 5) is 25.5. The van der Waals surface area contributed by atoms with Crippen LogP contribution in [0, 0.1) is 6.92 Å². The van der Waals surface area contributed by atoms with Crippen LogP contribution in [0.3, 0.4) is 0 Å². The number of hydrogen-bond donors (Lipinski definition) is 2. The molecule has 0 atom stereocenters. The largest absolute Gasteiger partial charge is 0.497 e. The lowest BCUT2D eigenvalue weighted by Crippen LogP contribution is -2.28. The molecule has 0 spiro atoms. The van der Waals surface area contributed by atoms with E-state index in [1.54, 1.807) is 42.5 Å². The van der Waals surface area contributed by atoms with Crippen molar-refractivity contribution < 1.29 is 22.7 Å². The quantitative estimate of drug-likeness (QED) is 0.436. The number of carbonyl (C=O) groups is 2. The maximum atomic E-state index is 12.8. The Kier molecular flexibility index (Phi) is 8.62. The summed E-state index contributed by atoms with van der Waals surface area (Å²) in [6.07, 6.45) is 0.408. The van der Waals surface area contributed by atoms with Crippen LogP contribution in [-0.4, -0.2) is 45.2 Å². The molecule has 2 amide bonds. The predicted molar refractivity (Wildman–Crippen MR) is 136 cm³/mol. The summed E-state index contributed by atoms with van der Waals surface area (Å²) in [7, 11) is -0.694. The van der Waals surface area contributed by atoms with Crippen LogP contribution in [0.4, 0.5) is 11.4 Å². The second-order valence-corrected chi connectivity index (χ2v) is 10.1. The smallest absolute Gasteiger partial charge is 0.257 e. The average Bonchev–Trinajstić information content (AvgIpc) is 2.84. The van der Waals surface area contributed by atoms with Gasteiger partial charge < -0.3 is 15.4 Å². The molecule has 9 heteroatoms. The fraction of sp³-hybridized carbons (Fsp3) is 0.231. The van der Waals surface area contributed by atoms with Gasteiger partial charge >= 0.3 is 0 Å². The van der Waals surface area contributed by atoms with E-state index in [1.807, 2.05) is 25.1 Å². The van der Waals surface area contributed by atoms with Gasteiger partial charge in [0.25, 0.3) is 5.91 Å². The number of rotatable bonds is 10. The molecule has 0 saturated heterocycles. The lowest BCUT2D eigenvalue weighted by molar-refractivity contribution is -0.116. The van der Waals surface area contributed by atoms with Crippen molar-refractivity contribution in [3.8, 4) is 5.75 Å². The third kappa shape index (κ3) is 6.91. The van der Waals surface area contributed by atoms with Crippen molar-refractivity contribution in [2.45, 2.75) is 24.7 Å². The number of anilines is 2. The van der Waals surface area contributed by atoms with Crippen LogP contribution in [0.5, 0.6) is 5.75 Å². The summed E-state index contributed by atoms with van der Waals surface area (Å²) < 4.78 is 31.7. The normalized spacial score (nSPS) is 11.2. The van der Waals surface area contributed by atoms with Gasteiger partial charge in [0.05, 0.1) is 23.3 Å². The molecule has 0 unspecified atom stereocenters. The second-order valence-electron chi connectivity index (χ2n) is 8.02. The van der Waals surface area contributed by atoms with Crippen molar-refractivity contribution in [2.24, 2.45) is 0 Å². The van der Waals surface area contributed by atoms with Gasteiger partial charge in [0.2, 0.25) is 15.9 Å². The molecule has 0 radical (unpaired) electrons. The summed E-state index contributed by atoms with van der Waals surface area (Å²) in [5.74, 6) is -0.0796. The Balaban J connectivity index is 1.56. The van der Waals surface area contributed by atoms with Gasteiger partial charge in [0.15, 0.2) is 0 Å². The first-order chi connectivity index (χ1) is 16.7. The van der Waals surface area contributed by atoms with E-state index in [0.717, 1.165) is 5.56 Å². The third-order valence-electron chi connectivity index (χ3n) is 5.37. The molecule has 8 nitrogen and oxygen atoms in total. The summed E-state index contributed by atoms with van der Waals surface area (Å²) in [6, 6.07) is 20.3. The first-order valence-corrected chi connectivity index (χ1v) is 12.5. The number of methoxy groups -OCH3 is 1. The fourth-order valence-corrected chi connectivity index (χ4v) is 4.64. The average molecular weight is 496 g/mol. The van der Waals surface area contributed by atoms with Crippen molar-refractivity contribution in [2.75, 3.05) is 31.3 Å². The number of amides is 2. The lowest BCUT2D eigenvalue weighted by atomic mass is 10.1. The minimum Gasteiger partial charge on any atom is -0.497 e. The Morgan fingerprint density at radius 2 is 1.66 bits per heavy atom. The van der Waals surface area contributed by atoms with Crippen molar-refractivity contribution in [1.29, 1.82) is 0 Å². The molecule has 0 aromatic heterocycles. The highest BCUT2D eigenvalue weighted by Crippen LogP contribution is 2.20. The molecule has 0 aliphatic carbocycles. The summed E-state index contributed by atoms with van der Waals surface area (Å²) in [5.41, 5.74) is 2.41. The van der Waals surface area contributed by atoms with E-state index in [-0.39, 0.29) is 29.7 Å². The van der Waals surface area contributed by atoms with E-state index >= 15 is 0 Å². The van der Waals surface area contributed by atoms with Crippen LogP contribution in [0.15, 0.2) is 77.7 Å². The Bertz CT molecular complexity index is 1290. The van der Waals surface area contributed by atoms with Gasteiger partial charge in [-0.05, 0) is 67.4 Å². The first-order valence-electron chi connectivity index (χ1n) is 11.1. The lowest BCUT2D eigenvalue weighted by Gasteiger charge is -2.17. The van der Waals surface area contributed by atoms with E-state index in [0.29, 0.717) is 29.1 Å². The van der Waals surface area contributed by atoms with Crippen LogP contribution >= 0.6 is 0 Å². The molecule has 0 heterocycles. The Labute approximate surface area is 206 Å². The standard InChI is InChI=1S/C26H29N3O5S/c1-19-8-6-9-20(18-19)27-26(31)23-10-4-5-11-24(23)28-25(30)12-7-17-29(2)35(32,33)22-15-13-21(34-3)14-16-22/h4-6,8-11,13-16,18H,7,12,17H2,1-3H3,(H,27,31)(H,28,30). The molecular formula is C26H29N3O5S. The van der Waals surface area contributed by atoms with E-state index in [9.17, 15) is 18.0 Å². The van der Waals surface area contributed by atoms with E-state index < -0.39 is 10.0 Å². The van der Waals surface area contributed by atoms with Gasteiger partial charge in [0, 0.05) is 25.7 Å². The van der Waals surface area contributed by atoms with E-state index in [2.05, 4.69) is 10.6 Å². The number of benzene rings is 3. The number of carbonyl (C=O) groups excluding carboxylic acids is 2. The van der Waals surface area contributed by atoms with Gasteiger partial charge in [-0.2, -0.15) is 0 Å². The van der Waals surface area contributed by atoms with E-state index in [4.69, 9.17) is 4.74 Å². The van der Waals surface area contributed by atoms with Gasteiger partial charge in [-0.25, -0.2) is 12.7 Å². The van der Waals surface area contributed by atoms with Crippen molar-refractivity contribution in [3.63, 3.8) is 0 Å². The fourth-order valence-electron chi connectivity index (χ4n) is 3.43. The molecule has 3 aromatic carbocycles. The maximum Gasteiger partial charge on any atom is 0.257 e. The number of hydrogen-bond acceptors (Lipinski definition) is 5. The predicted octanol–water partition coefficient (Wildman–Crippen LogP) is 4.30. The van der Waals surface area contributed by atoms with Crippen LogP contribution in [0.1, 0.15) is 28.8 Å². The maximum absolute atomic E-state index is 12.8. The van der Waals surface area contributed by atoms with Crippen molar-refractivity contribution in [3.05, 3.63) is 83.9 Å². The van der Waals surface area contributed by atoms with Gasteiger partial charge in [-0.15, -0.1) is 0 Å². The van der Waals surface area contributed by atoms with Gasteiger partial charge in [-0.1, -0.05) is 24.3 Å². The van der Waals surface area contributed by atoms with Crippen LogP contribution < -0.4 is 15.4 Å². The molecule has 0 fully saturated rings. The monoisotopic (exact) mass is 495 g/mol. The Hall–Kier alpha value is -3.69. The molecule has 2 N–H and O–H groups in total. The number of para-hydroxylation sites is 1. The molecule has 3 aromatic rings. The SMILES string of the molecule is COc1ccc(S(=O)(=O)N(C)CCCC(=O)Nc2ccccc2C(=O)Nc2cccc(C)c2)cc1. The summed E-state index contributed by atoms with van der Waals surface area (Å²) in [6.45, 7) is 2.10. The summed E-state index contributed by atoms with van der Waals surface area (Å²) in [5, 5.41) is 5.60. The minimum atomic E-state index is -3.68. The third-order valence-corrected chi connectivity index (χ3v) is 7.24. The highest BCUT2D eigenvalue weighted by atomic mass is 32.2. The number of sulfonamides is 1. The zero-order chi connectivity index (χ0) is 25.4. The molecule has 0 aliphatic heterocycles. The molecule has 184 valence electrons. The number of ether oxygens (including phenoxy) is 1. The number of nitrogens with zero attached hydrogens (tertiary/aromatic N) is 1. The first kappa shape index (κ1) is 25.9. The molecule has 35 heavy (non-hydrogen) atoms. The topological polar surface area (TPSA) is 105 Å². The van der Waals surface area contributed by atoms with E-state index in [1.165, 1.54) is 30.6 Å². The zero-order valence-electron chi connectivity index (χ0n) is 19.9. The minimum absolute atomic E-state index is 0.0936. The van der Waals surface area contributed by atoms with Crippen LogP contribution in [0.2, 0.25) is 0 Å². The highest BCUT2D eigenvalue weighted by molar-refractivity contribution is 7.89. The zero-order valence-corrected chi connectivity index (χ0v) is 20.8. The molecular weight excluding hydrogens is 466 g/mol. The number of nitrogens with one attached hydrogen (secondary N) is 2. The second kappa shape index (κ2) is 11.6. The van der Waals surface area contributed by atoms with Gasteiger partial charge in [-0.3, -0.25) is 9.59 Å². The molecule has 0 saturated carbocycles. The molecule has 3 rings (SSSR count). The van der Waals surface area contributed by atoms with Crippen molar-refractivity contribution >= 4 is 33.2 Å². The number of aryl methyl sites for hydroxylation is 1. The Morgan fingerprint density at radius 1 is 0.943 bits per heavy atom. The van der Waals surface area contributed by atoms with Crippen LogP contribution in [0.25, 0.3) is 0 Å². The van der Waals surface area contributed by atoms with Crippen molar-refractivity contribution in [1.82, 2.24) is 4.31 Å². The highest BCUT2D eigenvalue weighted by Gasteiger charge is 2.21. The molecule has 0 bridgehead atoms. The summed E-state index contributed by atoms with van der Waals surface area (Å²) >= 11 is 0. The van der Waals surface area contributed by atoms with Gasteiger partial charge in [0.1, 0.15) is 5.75 Å².